The fourth-order valence-corrected chi connectivity index (χ4v) is 6.37. The van der Waals surface area contributed by atoms with Crippen molar-refractivity contribution >= 4 is 40.7 Å². The van der Waals surface area contributed by atoms with E-state index in [0.29, 0.717) is 31.6 Å². The molecular weight excluding hydrogens is 608 g/mol. The van der Waals surface area contributed by atoms with Crippen molar-refractivity contribution < 1.29 is 19.0 Å². The van der Waals surface area contributed by atoms with Crippen LogP contribution in [0.4, 0.5) is 0 Å². The highest BCUT2D eigenvalue weighted by Crippen LogP contribution is 2.35. The van der Waals surface area contributed by atoms with Gasteiger partial charge in [-0.25, -0.2) is 9.79 Å². The number of carbonyl (C=O) groups is 1. The third kappa shape index (κ3) is 6.20. The highest BCUT2D eigenvalue weighted by atomic mass is 35.5. The molecular formula is C36H29ClN2O5S. The predicted octanol–water partition coefficient (Wildman–Crippen LogP) is 6.18. The van der Waals surface area contributed by atoms with Crippen LogP contribution in [0, 0.1) is 0 Å². The molecule has 1 aliphatic heterocycles. The number of hydrogen-bond donors (Lipinski definition) is 0. The molecule has 0 radical (unpaired) electrons. The second-order valence-corrected chi connectivity index (χ2v) is 11.5. The van der Waals surface area contributed by atoms with E-state index in [1.807, 2.05) is 103 Å². The first-order valence-electron chi connectivity index (χ1n) is 14.4. The van der Waals surface area contributed by atoms with Crippen molar-refractivity contribution in [2.75, 3.05) is 13.7 Å². The van der Waals surface area contributed by atoms with Gasteiger partial charge in [0, 0.05) is 21.7 Å². The zero-order valence-corrected chi connectivity index (χ0v) is 26.2. The van der Waals surface area contributed by atoms with Crippen molar-refractivity contribution in [3.05, 3.63) is 156 Å². The van der Waals surface area contributed by atoms with E-state index in [-0.39, 0.29) is 24.3 Å². The lowest BCUT2D eigenvalue weighted by Gasteiger charge is -2.26. The molecule has 2 heterocycles. The molecule has 0 aliphatic carbocycles. The molecule has 1 atom stereocenters. The van der Waals surface area contributed by atoms with Crippen molar-refractivity contribution in [2.24, 2.45) is 4.99 Å². The van der Waals surface area contributed by atoms with E-state index in [9.17, 15) is 9.59 Å². The summed E-state index contributed by atoms with van der Waals surface area (Å²) >= 11 is 7.60. The lowest BCUT2D eigenvalue weighted by Crippen LogP contribution is -2.40. The van der Waals surface area contributed by atoms with Crippen LogP contribution in [0.5, 0.6) is 11.5 Å². The van der Waals surface area contributed by atoms with Gasteiger partial charge in [-0.2, -0.15) is 0 Å². The fourth-order valence-electron chi connectivity index (χ4n) is 5.19. The summed E-state index contributed by atoms with van der Waals surface area (Å²) < 4.78 is 19.1. The van der Waals surface area contributed by atoms with Gasteiger partial charge in [-0.15, -0.1) is 0 Å². The number of methoxy groups -OCH3 is 1. The number of thiazole rings is 1. The standard InChI is InChI=1S/C36H29ClN2O5S/c1-3-43-35(41)31-32(23-11-5-4-6-12-23)38-36-39(33(31)24-17-19-27(42-2)20-18-24)34(40)30(45-36)21-25-13-8-10-16-29(25)44-22-26-14-7-9-15-28(26)37/h4-21,33H,3,22H2,1-2H3/b30-21+/t33-/m0/s1. The molecule has 1 aromatic heterocycles. The average molecular weight is 637 g/mol. The zero-order valence-electron chi connectivity index (χ0n) is 24.6. The van der Waals surface area contributed by atoms with Gasteiger partial charge in [0.15, 0.2) is 4.80 Å². The summed E-state index contributed by atoms with van der Waals surface area (Å²) in [6.07, 6.45) is 1.80. The van der Waals surface area contributed by atoms with Crippen molar-refractivity contribution in [1.82, 2.24) is 4.57 Å². The Bertz CT molecular complexity index is 2070. The summed E-state index contributed by atoms with van der Waals surface area (Å²) in [7, 11) is 1.59. The fraction of sp³-hybridized carbons (Fsp3) is 0.139. The summed E-state index contributed by atoms with van der Waals surface area (Å²) in [6.45, 7) is 2.20. The maximum absolute atomic E-state index is 14.3. The molecule has 226 valence electrons. The molecule has 45 heavy (non-hydrogen) atoms. The van der Waals surface area contributed by atoms with E-state index in [2.05, 4.69) is 0 Å². The van der Waals surface area contributed by atoms with E-state index in [1.54, 1.807) is 24.7 Å². The Hall–Kier alpha value is -4.92. The van der Waals surface area contributed by atoms with Crippen molar-refractivity contribution in [2.45, 2.75) is 19.6 Å². The molecule has 6 rings (SSSR count). The molecule has 9 heteroatoms. The van der Waals surface area contributed by atoms with Crippen LogP contribution in [0.25, 0.3) is 11.8 Å². The number of aromatic nitrogens is 1. The van der Waals surface area contributed by atoms with Gasteiger partial charge in [0.25, 0.3) is 5.56 Å². The van der Waals surface area contributed by atoms with E-state index >= 15 is 0 Å². The first kappa shape index (κ1) is 30.1. The minimum atomic E-state index is -0.782. The van der Waals surface area contributed by atoms with Crippen LogP contribution in [0.3, 0.4) is 0 Å². The maximum Gasteiger partial charge on any atom is 0.338 e. The van der Waals surface area contributed by atoms with Gasteiger partial charge in [-0.3, -0.25) is 9.36 Å². The van der Waals surface area contributed by atoms with Gasteiger partial charge in [0.05, 0.1) is 35.6 Å². The van der Waals surface area contributed by atoms with Gasteiger partial charge in [-0.1, -0.05) is 102 Å². The third-order valence-corrected chi connectivity index (χ3v) is 8.70. The Morgan fingerprint density at radius 3 is 2.40 bits per heavy atom. The van der Waals surface area contributed by atoms with E-state index in [0.717, 1.165) is 22.3 Å². The van der Waals surface area contributed by atoms with Crippen LogP contribution >= 0.6 is 22.9 Å². The topological polar surface area (TPSA) is 79.1 Å². The largest absolute Gasteiger partial charge is 0.497 e. The molecule has 0 amide bonds. The van der Waals surface area contributed by atoms with Crippen LogP contribution in [-0.2, 0) is 16.1 Å². The SMILES string of the molecule is CCOC(=O)C1=C(c2ccccc2)N=c2s/c(=C/c3ccccc3OCc3ccccc3Cl)c(=O)n2[C@H]1c1ccc(OC)cc1. The maximum atomic E-state index is 14.3. The van der Waals surface area contributed by atoms with E-state index in [4.69, 9.17) is 30.8 Å². The molecule has 0 spiro atoms. The smallest absolute Gasteiger partial charge is 0.338 e. The quantitative estimate of drug-likeness (QED) is 0.181. The Morgan fingerprint density at radius 1 is 0.956 bits per heavy atom. The highest BCUT2D eigenvalue weighted by Gasteiger charge is 2.35. The Balaban J connectivity index is 1.52. The average Bonchev–Trinajstić information content (AvgIpc) is 3.38. The number of nitrogens with zero attached hydrogens (tertiary/aromatic N) is 2. The summed E-state index contributed by atoms with van der Waals surface area (Å²) in [4.78, 5) is 33.3. The normalized spacial score (nSPS) is 14.5. The Kier molecular flexibility index (Phi) is 8.96. The molecule has 0 saturated heterocycles. The molecule has 1 aliphatic rings. The van der Waals surface area contributed by atoms with Gasteiger partial charge < -0.3 is 14.2 Å². The van der Waals surface area contributed by atoms with Crippen LogP contribution in [0.1, 0.15) is 35.2 Å². The molecule has 4 aromatic carbocycles. The molecule has 0 fully saturated rings. The minimum absolute atomic E-state index is 0.176. The summed E-state index contributed by atoms with van der Waals surface area (Å²) in [5.41, 5.74) is 3.51. The number of esters is 1. The second-order valence-electron chi connectivity index (χ2n) is 10.1. The number of hydrogen-bond acceptors (Lipinski definition) is 7. The summed E-state index contributed by atoms with van der Waals surface area (Å²) in [6, 6.07) is 31.0. The highest BCUT2D eigenvalue weighted by molar-refractivity contribution is 7.07. The van der Waals surface area contributed by atoms with Crippen LogP contribution < -0.4 is 24.4 Å². The van der Waals surface area contributed by atoms with Crippen LogP contribution in [0.2, 0.25) is 5.02 Å². The third-order valence-electron chi connectivity index (χ3n) is 7.35. The molecule has 0 N–H and O–H groups in total. The molecule has 5 aromatic rings. The summed E-state index contributed by atoms with van der Waals surface area (Å²) in [5, 5.41) is 0.619. The number of carbonyl (C=O) groups excluding carboxylic acids is 1. The van der Waals surface area contributed by atoms with E-state index in [1.165, 1.54) is 11.3 Å². The number of fused-ring (bicyclic) bond motifs is 1. The van der Waals surface area contributed by atoms with Gasteiger partial charge in [-0.05, 0) is 42.8 Å². The lowest BCUT2D eigenvalue weighted by atomic mass is 9.93. The number of benzene rings is 4. The van der Waals surface area contributed by atoms with Crippen molar-refractivity contribution in [3.63, 3.8) is 0 Å². The molecule has 0 saturated carbocycles. The van der Waals surface area contributed by atoms with Gasteiger partial charge >= 0.3 is 5.97 Å². The Morgan fingerprint density at radius 2 is 1.67 bits per heavy atom. The number of halogens is 1. The van der Waals surface area contributed by atoms with Crippen LogP contribution in [-0.4, -0.2) is 24.3 Å². The number of rotatable bonds is 9. The lowest BCUT2D eigenvalue weighted by molar-refractivity contribution is -0.138. The van der Waals surface area contributed by atoms with Crippen molar-refractivity contribution in [1.29, 1.82) is 0 Å². The zero-order chi connectivity index (χ0) is 31.3. The monoisotopic (exact) mass is 636 g/mol. The van der Waals surface area contributed by atoms with Crippen molar-refractivity contribution in [3.8, 4) is 11.5 Å². The summed E-state index contributed by atoms with van der Waals surface area (Å²) in [5.74, 6) is 0.727. The van der Waals surface area contributed by atoms with Gasteiger partial charge in [0.1, 0.15) is 18.1 Å². The van der Waals surface area contributed by atoms with Gasteiger partial charge in [0.2, 0.25) is 0 Å². The number of para-hydroxylation sites is 1. The molecule has 0 bridgehead atoms. The Labute approximate surface area is 268 Å². The second kappa shape index (κ2) is 13.4. The minimum Gasteiger partial charge on any atom is -0.497 e. The molecule has 0 unspecified atom stereocenters. The first-order chi connectivity index (χ1) is 22.0. The van der Waals surface area contributed by atoms with E-state index < -0.39 is 12.0 Å². The van der Waals surface area contributed by atoms with Crippen LogP contribution in [0.15, 0.2) is 118 Å². The molecule has 7 nitrogen and oxygen atoms in total. The first-order valence-corrected chi connectivity index (χ1v) is 15.6. The predicted molar refractivity (Wildman–Crippen MR) is 176 cm³/mol. The number of ether oxygens (including phenoxy) is 3.